The summed E-state index contributed by atoms with van der Waals surface area (Å²) in [6, 6.07) is 8.78. The molecule has 2 rings (SSSR count). The minimum absolute atomic E-state index is 0.118. The van der Waals surface area contributed by atoms with Crippen LogP contribution in [0, 0.1) is 6.92 Å². The van der Waals surface area contributed by atoms with Crippen molar-refractivity contribution in [3.8, 4) is 17.2 Å². The van der Waals surface area contributed by atoms with Gasteiger partial charge in [0.2, 0.25) is 0 Å². The van der Waals surface area contributed by atoms with Gasteiger partial charge in [-0.25, -0.2) is 0 Å². The maximum atomic E-state index is 10.0. The Labute approximate surface area is 137 Å². The molecule has 0 fully saturated rings. The Bertz CT molecular complexity index is 721. The molecule has 0 heterocycles. The molecule has 4 heteroatoms. The summed E-state index contributed by atoms with van der Waals surface area (Å²) in [5.41, 5.74) is 3.44. The Kier molecular flexibility index (Phi) is 5.27. The zero-order valence-electron chi connectivity index (χ0n) is 14.0. The third kappa shape index (κ3) is 4.03. The van der Waals surface area contributed by atoms with Gasteiger partial charge in [0.1, 0.15) is 5.75 Å². The molecule has 23 heavy (non-hydrogen) atoms. The number of phenols is 2. The van der Waals surface area contributed by atoms with Crippen molar-refractivity contribution < 1.29 is 14.9 Å². The number of hydrogen-bond acceptors (Lipinski definition) is 4. The van der Waals surface area contributed by atoms with Crippen LogP contribution in [0.3, 0.4) is 0 Å². The van der Waals surface area contributed by atoms with Gasteiger partial charge in [-0.2, -0.15) is 0 Å². The molecule has 2 aromatic rings. The van der Waals surface area contributed by atoms with Crippen LogP contribution in [0.1, 0.15) is 43.4 Å². The van der Waals surface area contributed by atoms with Crippen LogP contribution in [-0.4, -0.2) is 23.0 Å². The Morgan fingerprint density at radius 3 is 2.52 bits per heavy atom. The van der Waals surface area contributed by atoms with E-state index in [1.807, 2.05) is 33.8 Å². The zero-order valence-corrected chi connectivity index (χ0v) is 14.0. The van der Waals surface area contributed by atoms with Gasteiger partial charge < -0.3 is 14.9 Å². The lowest BCUT2D eigenvalue weighted by atomic mass is 9.99. The zero-order chi connectivity index (χ0) is 17.0. The molecular weight excluding hydrogens is 290 g/mol. The molecular formula is C19H23NO3. The Morgan fingerprint density at radius 2 is 1.87 bits per heavy atom. The van der Waals surface area contributed by atoms with Crippen molar-refractivity contribution >= 4 is 11.9 Å². The maximum absolute atomic E-state index is 10.0. The van der Waals surface area contributed by atoms with Crippen LogP contribution in [0.25, 0.3) is 0 Å². The lowest BCUT2D eigenvalue weighted by Gasteiger charge is -2.11. The molecule has 0 radical (unpaired) electrons. The third-order valence-corrected chi connectivity index (χ3v) is 3.60. The van der Waals surface area contributed by atoms with E-state index in [0.29, 0.717) is 18.1 Å². The first-order valence-electron chi connectivity index (χ1n) is 7.75. The molecule has 0 bridgehead atoms. The van der Waals surface area contributed by atoms with Crippen LogP contribution in [0.2, 0.25) is 0 Å². The summed E-state index contributed by atoms with van der Waals surface area (Å²) in [6.07, 6.45) is 1.73. The summed E-state index contributed by atoms with van der Waals surface area (Å²) in [5, 5.41) is 19.7. The van der Waals surface area contributed by atoms with Gasteiger partial charge in [0, 0.05) is 6.21 Å². The van der Waals surface area contributed by atoms with Crippen molar-refractivity contribution in [3.63, 3.8) is 0 Å². The second-order valence-electron chi connectivity index (χ2n) is 5.77. The van der Waals surface area contributed by atoms with Crippen molar-refractivity contribution in [2.75, 3.05) is 6.61 Å². The number of aliphatic imine (C=N–C) groups is 1. The standard InChI is InChI=1S/C19H23NO3/c1-5-23-19-9-14(6-7-17(19)21)11-20-16-10-15(12(2)3)18(22)8-13(16)4/h6-12,21-22H,5H2,1-4H3. The van der Waals surface area contributed by atoms with Crippen molar-refractivity contribution in [2.24, 2.45) is 4.99 Å². The highest BCUT2D eigenvalue weighted by Gasteiger charge is 2.09. The highest BCUT2D eigenvalue weighted by Crippen LogP contribution is 2.33. The van der Waals surface area contributed by atoms with Crippen molar-refractivity contribution in [1.82, 2.24) is 0 Å². The third-order valence-electron chi connectivity index (χ3n) is 3.60. The summed E-state index contributed by atoms with van der Waals surface area (Å²) < 4.78 is 5.37. The fraction of sp³-hybridized carbons (Fsp3) is 0.316. The van der Waals surface area contributed by atoms with Gasteiger partial charge in [-0.1, -0.05) is 13.8 Å². The van der Waals surface area contributed by atoms with E-state index in [4.69, 9.17) is 4.74 Å². The average Bonchev–Trinajstić information content (AvgIpc) is 2.49. The lowest BCUT2D eigenvalue weighted by molar-refractivity contribution is 0.318. The quantitative estimate of drug-likeness (QED) is 0.788. The van der Waals surface area contributed by atoms with E-state index < -0.39 is 0 Å². The average molecular weight is 313 g/mol. The molecule has 0 unspecified atom stereocenters. The second-order valence-corrected chi connectivity index (χ2v) is 5.77. The number of ether oxygens (including phenoxy) is 1. The summed E-state index contributed by atoms with van der Waals surface area (Å²) in [5.74, 6) is 1.09. The van der Waals surface area contributed by atoms with E-state index in [-0.39, 0.29) is 11.7 Å². The first-order valence-corrected chi connectivity index (χ1v) is 7.75. The Morgan fingerprint density at radius 1 is 1.13 bits per heavy atom. The van der Waals surface area contributed by atoms with E-state index in [9.17, 15) is 10.2 Å². The fourth-order valence-corrected chi connectivity index (χ4v) is 2.33. The van der Waals surface area contributed by atoms with Gasteiger partial charge in [-0.15, -0.1) is 0 Å². The summed E-state index contributed by atoms with van der Waals surface area (Å²) >= 11 is 0. The summed E-state index contributed by atoms with van der Waals surface area (Å²) in [7, 11) is 0. The number of rotatable bonds is 5. The topological polar surface area (TPSA) is 62.0 Å². The largest absolute Gasteiger partial charge is 0.508 e. The van der Waals surface area contributed by atoms with Crippen LogP contribution in [0.15, 0.2) is 35.3 Å². The van der Waals surface area contributed by atoms with Crippen molar-refractivity contribution in [1.29, 1.82) is 0 Å². The first-order chi connectivity index (χ1) is 10.9. The molecule has 0 aliphatic rings. The van der Waals surface area contributed by atoms with Gasteiger partial charge in [-0.3, -0.25) is 4.99 Å². The lowest BCUT2D eigenvalue weighted by Crippen LogP contribution is -1.93. The molecule has 0 aliphatic heterocycles. The predicted molar refractivity (Wildman–Crippen MR) is 93.5 cm³/mol. The predicted octanol–water partition coefficient (Wildman–Crippen LogP) is 4.68. The molecule has 0 aromatic heterocycles. The smallest absolute Gasteiger partial charge is 0.161 e. The normalized spacial score (nSPS) is 11.3. The van der Waals surface area contributed by atoms with E-state index in [1.165, 1.54) is 0 Å². The molecule has 0 spiro atoms. The highest BCUT2D eigenvalue weighted by molar-refractivity contribution is 5.83. The maximum Gasteiger partial charge on any atom is 0.161 e. The van der Waals surface area contributed by atoms with Crippen molar-refractivity contribution in [3.05, 3.63) is 47.0 Å². The van der Waals surface area contributed by atoms with Gasteiger partial charge >= 0.3 is 0 Å². The molecule has 0 aliphatic carbocycles. The monoisotopic (exact) mass is 313 g/mol. The number of nitrogens with zero attached hydrogens (tertiary/aromatic N) is 1. The number of benzene rings is 2. The first kappa shape index (κ1) is 16.9. The number of phenolic OH excluding ortho intramolecular Hbond substituents is 2. The molecule has 2 N–H and O–H groups in total. The number of aromatic hydroxyl groups is 2. The SMILES string of the molecule is CCOc1cc(C=Nc2cc(C(C)C)c(O)cc2C)ccc1O. The van der Waals surface area contributed by atoms with Gasteiger partial charge in [0.15, 0.2) is 11.5 Å². The van der Waals surface area contributed by atoms with Crippen LogP contribution in [-0.2, 0) is 0 Å². The fourth-order valence-electron chi connectivity index (χ4n) is 2.33. The van der Waals surface area contributed by atoms with E-state index in [2.05, 4.69) is 4.99 Å². The summed E-state index contributed by atoms with van der Waals surface area (Å²) in [6.45, 7) is 8.34. The molecule has 0 saturated carbocycles. The highest BCUT2D eigenvalue weighted by atomic mass is 16.5. The molecule has 0 amide bonds. The minimum atomic E-state index is 0.118. The van der Waals surface area contributed by atoms with Crippen LogP contribution in [0.5, 0.6) is 17.2 Å². The Balaban J connectivity index is 2.33. The van der Waals surface area contributed by atoms with Crippen LogP contribution in [0.4, 0.5) is 5.69 Å². The van der Waals surface area contributed by atoms with E-state index in [0.717, 1.165) is 22.4 Å². The molecule has 0 saturated heterocycles. The Hall–Kier alpha value is -2.49. The van der Waals surface area contributed by atoms with E-state index >= 15 is 0 Å². The molecule has 2 aromatic carbocycles. The van der Waals surface area contributed by atoms with Crippen LogP contribution >= 0.6 is 0 Å². The molecule has 0 atom stereocenters. The van der Waals surface area contributed by atoms with Gasteiger partial charge in [0.25, 0.3) is 0 Å². The molecule has 122 valence electrons. The number of hydrogen-bond donors (Lipinski definition) is 2. The van der Waals surface area contributed by atoms with E-state index in [1.54, 1.807) is 30.5 Å². The summed E-state index contributed by atoms with van der Waals surface area (Å²) in [4.78, 5) is 4.52. The van der Waals surface area contributed by atoms with Gasteiger partial charge in [0.05, 0.1) is 12.3 Å². The minimum Gasteiger partial charge on any atom is -0.508 e. The second kappa shape index (κ2) is 7.18. The molecule has 4 nitrogen and oxygen atoms in total. The van der Waals surface area contributed by atoms with Gasteiger partial charge in [-0.05, 0) is 66.8 Å². The van der Waals surface area contributed by atoms with Crippen molar-refractivity contribution in [2.45, 2.75) is 33.6 Å². The number of aryl methyl sites for hydroxylation is 1. The van der Waals surface area contributed by atoms with Crippen LogP contribution < -0.4 is 4.74 Å².